The van der Waals surface area contributed by atoms with Gasteiger partial charge in [-0.2, -0.15) is 0 Å². The van der Waals surface area contributed by atoms with Crippen LogP contribution < -0.4 is 4.90 Å². The molecule has 3 aliphatic rings. The highest BCUT2D eigenvalue weighted by Gasteiger charge is 2.48. The summed E-state index contributed by atoms with van der Waals surface area (Å²) in [6, 6.07) is 5.00. The van der Waals surface area contributed by atoms with E-state index >= 15 is 0 Å². The van der Waals surface area contributed by atoms with Crippen molar-refractivity contribution in [2.45, 2.75) is 26.1 Å². The molecule has 0 saturated heterocycles. The first-order valence-electron chi connectivity index (χ1n) is 9.32. The van der Waals surface area contributed by atoms with Crippen molar-refractivity contribution in [2.75, 3.05) is 12.0 Å². The Bertz CT molecular complexity index is 968. The number of carbonyl (C=O) groups excluding carboxylic acids is 2. The van der Waals surface area contributed by atoms with Gasteiger partial charge >= 0.3 is 5.97 Å². The molecule has 152 valence electrons. The number of ether oxygens (including phenoxy) is 2. The van der Waals surface area contributed by atoms with Crippen molar-refractivity contribution in [3.63, 3.8) is 0 Å². The molecule has 29 heavy (non-hydrogen) atoms. The van der Waals surface area contributed by atoms with Crippen molar-refractivity contribution in [1.29, 1.82) is 0 Å². The van der Waals surface area contributed by atoms with E-state index in [0.717, 1.165) is 4.90 Å². The predicted octanol–water partition coefficient (Wildman–Crippen LogP) is 3.23. The van der Waals surface area contributed by atoms with Gasteiger partial charge in [-0.05, 0) is 30.9 Å². The predicted molar refractivity (Wildman–Crippen MR) is 105 cm³/mol. The molecular formula is C21H20ClNO6. The lowest BCUT2D eigenvalue weighted by Crippen LogP contribution is -2.37. The standard InChI is InChI=1S/C21H20ClNO6/c1-10(24)23-17-8-12(22)4-6-13(17)15(19(23)25)7-11-3-5-14-16(20(26)27)9-29-21(28-2)18(11)14/h4,6-9,11,14,18,21H,3,5H2,1-2H3,(H,26,27)/b15-7+/t11?,14?,18?,21-/m1/s1. The fourth-order valence-corrected chi connectivity index (χ4v) is 4.86. The van der Waals surface area contributed by atoms with Gasteiger partial charge in [-0.1, -0.05) is 23.7 Å². The summed E-state index contributed by atoms with van der Waals surface area (Å²) in [5.41, 5.74) is 1.74. The van der Waals surface area contributed by atoms with E-state index in [2.05, 4.69) is 0 Å². The third-order valence-corrected chi connectivity index (χ3v) is 6.15. The molecule has 2 heterocycles. The molecule has 3 unspecified atom stereocenters. The minimum Gasteiger partial charge on any atom is -0.478 e. The van der Waals surface area contributed by atoms with Gasteiger partial charge in [-0.15, -0.1) is 0 Å². The van der Waals surface area contributed by atoms with Crippen LogP contribution in [0.2, 0.25) is 5.02 Å². The summed E-state index contributed by atoms with van der Waals surface area (Å²) in [5, 5.41) is 9.93. The van der Waals surface area contributed by atoms with Crippen molar-refractivity contribution < 1.29 is 29.0 Å². The van der Waals surface area contributed by atoms with Crippen molar-refractivity contribution in [3.8, 4) is 0 Å². The molecule has 0 bridgehead atoms. The number of allylic oxidation sites excluding steroid dienone is 1. The van der Waals surface area contributed by atoms with Crippen LogP contribution in [-0.2, 0) is 23.9 Å². The Balaban J connectivity index is 1.75. The molecule has 1 fully saturated rings. The van der Waals surface area contributed by atoms with Gasteiger partial charge in [0.25, 0.3) is 5.91 Å². The molecule has 0 spiro atoms. The minimum absolute atomic E-state index is 0.137. The van der Waals surface area contributed by atoms with Crippen LogP contribution in [0.1, 0.15) is 25.3 Å². The zero-order valence-corrected chi connectivity index (χ0v) is 16.7. The Labute approximate surface area is 172 Å². The number of benzene rings is 1. The van der Waals surface area contributed by atoms with Crippen LogP contribution in [0, 0.1) is 17.8 Å². The number of imide groups is 1. The second kappa shape index (κ2) is 7.31. The van der Waals surface area contributed by atoms with E-state index < -0.39 is 24.1 Å². The molecule has 4 rings (SSSR count). The molecule has 1 aromatic carbocycles. The summed E-state index contributed by atoms with van der Waals surface area (Å²) < 4.78 is 11.0. The maximum absolute atomic E-state index is 13.0. The number of anilines is 1. The van der Waals surface area contributed by atoms with Crippen molar-refractivity contribution in [3.05, 3.63) is 46.7 Å². The highest BCUT2D eigenvalue weighted by atomic mass is 35.5. The molecule has 7 nitrogen and oxygen atoms in total. The van der Waals surface area contributed by atoms with Crippen LogP contribution in [0.15, 0.2) is 36.1 Å². The summed E-state index contributed by atoms with van der Waals surface area (Å²) in [6.07, 6.45) is 3.84. The number of carbonyl (C=O) groups is 3. The number of aliphatic carboxylic acids is 1. The van der Waals surface area contributed by atoms with Crippen molar-refractivity contribution >= 4 is 40.6 Å². The lowest BCUT2D eigenvalue weighted by molar-refractivity contribution is -0.151. The highest BCUT2D eigenvalue weighted by Crippen LogP contribution is 2.49. The van der Waals surface area contributed by atoms with Gasteiger partial charge in [0.05, 0.1) is 17.5 Å². The summed E-state index contributed by atoms with van der Waals surface area (Å²) in [4.78, 5) is 37.8. The number of hydrogen-bond acceptors (Lipinski definition) is 5. The number of methoxy groups -OCH3 is 1. The van der Waals surface area contributed by atoms with E-state index in [-0.39, 0.29) is 23.3 Å². The summed E-state index contributed by atoms with van der Waals surface area (Å²) in [5.74, 6) is -2.40. The molecule has 2 amide bonds. The lowest BCUT2D eigenvalue weighted by Gasteiger charge is -2.34. The molecule has 8 heteroatoms. The number of hydrogen-bond donors (Lipinski definition) is 1. The molecule has 1 aliphatic carbocycles. The van der Waals surface area contributed by atoms with Gasteiger partial charge in [0.2, 0.25) is 12.2 Å². The molecule has 4 atom stereocenters. The third kappa shape index (κ3) is 3.14. The third-order valence-electron chi connectivity index (χ3n) is 5.91. The first-order valence-corrected chi connectivity index (χ1v) is 9.69. The SMILES string of the molecule is CO[C@@H]1OC=C(C(=O)O)C2CCC(/C=C3/C(=O)N(C(C)=O)c4cc(Cl)ccc43)C21. The normalized spacial score (nSPS) is 29.3. The van der Waals surface area contributed by atoms with E-state index in [0.29, 0.717) is 34.7 Å². The molecule has 0 radical (unpaired) electrons. The fraction of sp³-hybridized carbons (Fsp3) is 0.381. The monoisotopic (exact) mass is 417 g/mol. The number of fused-ring (bicyclic) bond motifs is 2. The Morgan fingerprint density at radius 1 is 1.34 bits per heavy atom. The Morgan fingerprint density at radius 3 is 2.76 bits per heavy atom. The van der Waals surface area contributed by atoms with E-state index in [9.17, 15) is 19.5 Å². The van der Waals surface area contributed by atoms with Gasteiger partial charge in [0.1, 0.15) is 0 Å². The molecule has 1 saturated carbocycles. The number of carboxylic acid groups (broad SMARTS) is 1. The Kier molecular flexibility index (Phi) is 4.96. The molecule has 1 aromatic rings. The summed E-state index contributed by atoms with van der Waals surface area (Å²) >= 11 is 6.07. The Morgan fingerprint density at radius 2 is 2.10 bits per heavy atom. The maximum atomic E-state index is 13.0. The van der Waals surface area contributed by atoms with E-state index in [1.165, 1.54) is 20.3 Å². The number of amides is 2. The van der Waals surface area contributed by atoms with Gasteiger partial charge in [-0.25, -0.2) is 9.69 Å². The van der Waals surface area contributed by atoms with E-state index in [1.54, 1.807) is 18.2 Å². The van der Waals surface area contributed by atoms with Gasteiger partial charge in [0.15, 0.2) is 0 Å². The second-order valence-corrected chi connectivity index (χ2v) is 7.88. The average Bonchev–Trinajstić information content (AvgIpc) is 3.20. The van der Waals surface area contributed by atoms with Crippen molar-refractivity contribution in [2.24, 2.45) is 17.8 Å². The van der Waals surface area contributed by atoms with Crippen LogP contribution in [-0.4, -0.2) is 36.3 Å². The minimum atomic E-state index is -1.01. The second-order valence-electron chi connectivity index (χ2n) is 7.44. The summed E-state index contributed by atoms with van der Waals surface area (Å²) in [6.45, 7) is 1.33. The van der Waals surface area contributed by atoms with Crippen LogP contribution in [0.4, 0.5) is 5.69 Å². The van der Waals surface area contributed by atoms with Crippen LogP contribution >= 0.6 is 11.6 Å². The zero-order valence-electron chi connectivity index (χ0n) is 15.9. The van der Waals surface area contributed by atoms with Crippen LogP contribution in [0.5, 0.6) is 0 Å². The first-order chi connectivity index (χ1) is 13.8. The largest absolute Gasteiger partial charge is 0.478 e. The smallest absolute Gasteiger partial charge is 0.334 e. The first kappa shape index (κ1) is 19.7. The molecule has 1 N–H and O–H groups in total. The average molecular weight is 418 g/mol. The highest BCUT2D eigenvalue weighted by molar-refractivity contribution is 6.40. The zero-order chi connectivity index (χ0) is 20.9. The Hall–Kier alpha value is -2.64. The molecule has 0 aromatic heterocycles. The van der Waals surface area contributed by atoms with Crippen LogP contribution in [0.3, 0.4) is 0 Å². The van der Waals surface area contributed by atoms with E-state index in [1.807, 2.05) is 6.08 Å². The lowest BCUT2D eigenvalue weighted by atomic mass is 9.82. The van der Waals surface area contributed by atoms with Gasteiger partial charge in [0, 0.05) is 42.0 Å². The fourth-order valence-electron chi connectivity index (χ4n) is 4.69. The van der Waals surface area contributed by atoms with Crippen molar-refractivity contribution in [1.82, 2.24) is 0 Å². The van der Waals surface area contributed by atoms with E-state index in [4.69, 9.17) is 21.1 Å². The van der Waals surface area contributed by atoms with Gasteiger partial charge in [-0.3, -0.25) is 9.59 Å². The summed E-state index contributed by atoms with van der Waals surface area (Å²) in [7, 11) is 1.51. The molecular weight excluding hydrogens is 398 g/mol. The quantitative estimate of drug-likeness (QED) is 0.759. The number of nitrogens with zero attached hydrogens (tertiary/aromatic N) is 1. The number of carboxylic acids is 1. The topological polar surface area (TPSA) is 93.1 Å². The van der Waals surface area contributed by atoms with Gasteiger partial charge < -0.3 is 14.6 Å². The van der Waals surface area contributed by atoms with Crippen LogP contribution in [0.25, 0.3) is 5.57 Å². The molecule has 2 aliphatic heterocycles. The maximum Gasteiger partial charge on any atom is 0.334 e. The number of halogens is 1. The number of rotatable bonds is 3.